The number of nitrogens with one attached hydrogen (secondary N) is 2. The molecule has 0 spiro atoms. The number of hydrogen-bond donors (Lipinski definition) is 2. The maximum Gasteiger partial charge on any atom is 0.204 e. The van der Waals surface area contributed by atoms with Crippen LogP contribution in [0.1, 0.15) is 24.4 Å². The van der Waals surface area contributed by atoms with Crippen molar-refractivity contribution < 1.29 is 0 Å². The van der Waals surface area contributed by atoms with Crippen molar-refractivity contribution in [2.24, 2.45) is 0 Å². The molecule has 0 unspecified atom stereocenters. The average molecular weight is 306 g/mol. The van der Waals surface area contributed by atoms with Crippen LogP contribution in [0.4, 0.5) is 5.95 Å². The molecule has 2 heterocycles. The van der Waals surface area contributed by atoms with Crippen molar-refractivity contribution in [2.45, 2.75) is 25.4 Å². The zero-order valence-electron chi connectivity index (χ0n) is 13.2. The van der Waals surface area contributed by atoms with Gasteiger partial charge in [0.1, 0.15) is 0 Å². The van der Waals surface area contributed by atoms with Gasteiger partial charge in [0.05, 0.1) is 11.0 Å². The number of hydrogen-bond acceptors (Lipinski definition) is 3. The van der Waals surface area contributed by atoms with Crippen LogP contribution in [0.15, 0.2) is 54.6 Å². The summed E-state index contributed by atoms with van der Waals surface area (Å²) in [6.45, 7) is 2.96. The van der Waals surface area contributed by atoms with E-state index >= 15 is 0 Å². The number of piperidine rings is 1. The lowest BCUT2D eigenvalue weighted by atomic mass is 10.1. The molecule has 1 aliphatic rings. The summed E-state index contributed by atoms with van der Waals surface area (Å²) in [7, 11) is 0. The molecule has 4 heteroatoms. The molecule has 2 aromatic carbocycles. The van der Waals surface area contributed by atoms with Gasteiger partial charge in [0.15, 0.2) is 0 Å². The number of imidazole rings is 1. The van der Waals surface area contributed by atoms with Crippen LogP contribution in [-0.2, 0) is 6.54 Å². The zero-order valence-corrected chi connectivity index (χ0v) is 13.2. The van der Waals surface area contributed by atoms with E-state index in [9.17, 15) is 0 Å². The van der Waals surface area contributed by atoms with Crippen LogP contribution in [0.5, 0.6) is 0 Å². The van der Waals surface area contributed by atoms with Gasteiger partial charge in [-0.15, -0.1) is 0 Å². The molecule has 0 bridgehead atoms. The molecular formula is C19H22N4. The third-order valence-electron chi connectivity index (χ3n) is 4.56. The highest BCUT2D eigenvalue weighted by atomic mass is 15.2. The smallest absolute Gasteiger partial charge is 0.204 e. The zero-order chi connectivity index (χ0) is 15.5. The van der Waals surface area contributed by atoms with Crippen LogP contribution in [0.3, 0.4) is 0 Å². The molecule has 3 aromatic rings. The van der Waals surface area contributed by atoms with Gasteiger partial charge in [-0.25, -0.2) is 4.98 Å². The molecule has 0 amide bonds. The average Bonchev–Trinajstić information content (AvgIpc) is 3.00. The second-order valence-corrected chi connectivity index (χ2v) is 6.11. The fourth-order valence-corrected chi connectivity index (χ4v) is 3.38. The first-order valence-corrected chi connectivity index (χ1v) is 8.37. The van der Waals surface area contributed by atoms with E-state index in [-0.39, 0.29) is 0 Å². The molecule has 4 rings (SSSR count). The quantitative estimate of drug-likeness (QED) is 0.774. The molecule has 118 valence electrons. The van der Waals surface area contributed by atoms with Crippen molar-refractivity contribution >= 4 is 17.0 Å². The third kappa shape index (κ3) is 2.94. The second-order valence-electron chi connectivity index (χ2n) is 6.11. The molecule has 0 saturated carbocycles. The number of benzene rings is 2. The Kier molecular flexibility index (Phi) is 3.99. The minimum Gasteiger partial charge on any atom is -0.352 e. The molecule has 2 N–H and O–H groups in total. The molecule has 1 aromatic heterocycles. The summed E-state index contributed by atoms with van der Waals surface area (Å²) in [5, 5.41) is 7.00. The van der Waals surface area contributed by atoms with E-state index in [0.717, 1.165) is 43.9 Å². The maximum absolute atomic E-state index is 4.83. The first-order chi connectivity index (χ1) is 11.4. The fraction of sp³-hybridized carbons (Fsp3) is 0.316. The molecule has 23 heavy (non-hydrogen) atoms. The number of aromatic nitrogens is 2. The van der Waals surface area contributed by atoms with E-state index in [0.29, 0.717) is 6.04 Å². The van der Waals surface area contributed by atoms with E-state index < -0.39 is 0 Å². The highest BCUT2D eigenvalue weighted by Gasteiger charge is 2.20. The molecule has 1 aliphatic heterocycles. The van der Waals surface area contributed by atoms with Gasteiger partial charge in [-0.3, -0.25) is 0 Å². The summed E-state index contributed by atoms with van der Waals surface area (Å²) < 4.78 is 2.40. The second kappa shape index (κ2) is 6.42. The summed E-state index contributed by atoms with van der Waals surface area (Å²) in [6, 6.07) is 19.4. The van der Waals surface area contributed by atoms with Gasteiger partial charge in [0.25, 0.3) is 0 Å². The first-order valence-electron chi connectivity index (χ1n) is 8.37. The Morgan fingerprint density at radius 2 is 1.74 bits per heavy atom. The summed E-state index contributed by atoms with van der Waals surface area (Å²) in [5.41, 5.74) is 3.58. The Labute approximate surface area is 136 Å². The van der Waals surface area contributed by atoms with Crippen molar-refractivity contribution in [3.63, 3.8) is 0 Å². The van der Waals surface area contributed by atoms with Crippen LogP contribution in [-0.4, -0.2) is 22.6 Å². The lowest BCUT2D eigenvalue weighted by Gasteiger charge is -2.26. The Morgan fingerprint density at radius 1 is 1.00 bits per heavy atom. The van der Waals surface area contributed by atoms with Crippen molar-refractivity contribution in [2.75, 3.05) is 18.4 Å². The molecule has 1 saturated heterocycles. The summed E-state index contributed by atoms with van der Waals surface area (Å²) >= 11 is 0. The number of fused-ring (bicyclic) bond motifs is 1. The predicted molar refractivity (Wildman–Crippen MR) is 94.6 cm³/mol. The van der Waals surface area contributed by atoms with Crippen molar-refractivity contribution in [3.8, 4) is 0 Å². The van der Waals surface area contributed by atoms with Crippen molar-refractivity contribution in [1.29, 1.82) is 0 Å². The molecule has 0 aliphatic carbocycles. The van der Waals surface area contributed by atoms with Gasteiger partial charge in [-0.05, 0) is 43.6 Å². The molecular weight excluding hydrogens is 284 g/mol. The van der Waals surface area contributed by atoms with E-state index in [4.69, 9.17) is 4.98 Å². The molecule has 0 radical (unpaired) electrons. The van der Waals surface area contributed by atoms with Gasteiger partial charge in [0.2, 0.25) is 5.95 Å². The van der Waals surface area contributed by atoms with Crippen LogP contribution in [0.2, 0.25) is 0 Å². The van der Waals surface area contributed by atoms with Gasteiger partial charge < -0.3 is 15.2 Å². The third-order valence-corrected chi connectivity index (χ3v) is 4.56. The Balaban J connectivity index is 1.67. The van der Waals surface area contributed by atoms with E-state index in [1.807, 2.05) is 6.07 Å². The van der Waals surface area contributed by atoms with Crippen LogP contribution >= 0.6 is 0 Å². The molecule has 1 fully saturated rings. The number of para-hydroxylation sites is 2. The summed E-state index contributed by atoms with van der Waals surface area (Å²) in [5.74, 6) is 0.988. The van der Waals surface area contributed by atoms with E-state index in [2.05, 4.69) is 63.7 Å². The largest absolute Gasteiger partial charge is 0.352 e. The minimum absolute atomic E-state index is 0.516. The Bertz CT molecular complexity index is 772. The Morgan fingerprint density at radius 3 is 2.57 bits per heavy atom. The number of rotatable bonds is 4. The lowest BCUT2D eigenvalue weighted by molar-refractivity contribution is 0.377. The van der Waals surface area contributed by atoms with Gasteiger partial charge >= 0.3 is 0 Å². The van der Waals surface area contributed by atoms with Crippen LogP contribution < -0.4 is 10.6 Å². The number of nitrogens with zero attached hydrogens (tertiary/aromatic N) is 2. The lowest BCUT2D eigenvalue weighted by Crippen LogP contribution is -2.30. The van der Waals surface area contributed by atoms with Gasteiger partial charge in [-0.1, -0.05) is 42.5 Å². The highest BCUT2D eigenvalue weighted by molar-refractivity contribution is 5.78. The van der Waals surface area contributed by atoms with E-state index in [1.165, 1.54) is 11.1 Å². The fourth-order valence-electron chi connectivity index (χ4n) is 3.38. The first kappa shape index (κ1) is 14.3. The summed E-state index contributed by atoms with van der Waals surface area (Å²) in [4.78, 5) is 4.83. The normalized spacial score (nSPS) is 15.8. The number of anilines is 1. The topological polar surface area (TPSA) is 41.9 Å². The Hall–Kier alpha value is -2.33. The minimum atomic E-state index is 0.516. The predicted octanol–water partition coefficient (Wildman–Crippen LogP) is 3.57. The summed E-state index contributed by atoms with van der Waals surface area (Å²) in [6.07, 6.45) is 2.31. The van der Waals surface area contributed by atoms with Gasteiger partial charge in [0, 0.05) is 12.6 Å². The highest BCUT2D eigenvalue weighted by Crippen LogP contribution is 2.29. The van der Waals surface area contributed by atoms with E-state index in [1.54, 1.807) is 0 Å². The molecule has 0 atom stereocenters. The van der Waals surface area contributed by atoms with Crippen LogP contribution in [0, 0.1) is 0 Å². The maximum atomic E-state index is 4.83. The SMILES string of the molecule is c1ccc(CNc2nc3ccccc3n2C2CCNCC2)cc1. The van der Waals surface area contributed by atoms with Crippen molar-refractivity contribution in [3.05, 3.63) is 60.2 Å². The van der Waals surface area contributed by atoms with Crippen LogP contribution in [0.25, 0.3) is 11.0 Å². The standard InChI is InChI=1S/C19H22N4/c1-2-6-15(7-3-1)14-21-19-22-17-8-4-5-9-18(17)23(19)16-10-12-20-13-11-16/h1-9,16,20H,10-14H2,(H,21,22). The van der Waals surface area contributed by atoms with Gasteiger partial charge in [-0.2, -0.15) is 0 Å². The van der Waals surface area contributed by atoms with Crippen molar-refractivity contribution in [1.82, 2.24) is 14.9 Å². The molecule has 4 nitrogen and oxygen atoms in total. The monoisotopic (exact) mass is 306 g/mol.